The minimum absolute atomic E-state index is 0.296. The maximum atomic E-state index is 6.22. The van der Waals surface area contributed by atoms with Crippen molar-refractivity contribution in [3.8, 4) is 0 Å². The first kappa shape index (κ1) is 14.5. The fraction of sp³-hybridized carbons (Fsp3) is 0.647. The maximum absolute atomic E-state index is 6.22. The number of hydrogen-bond acceptors (Lipinski definition) is 2. The van der Waals surface area contributed by atoms with Crippen molar-refractivity contribution in [1.29, 1.82) is 0 Å². The monoisotopic (exact) mass is 261 g/mol. The van der Waals surface area contributed by atoms with E-state index < -0.39 is 0 Å². The van der Waals surface area contributed by atoms with Crippen molar-refractivity contribution >= 4 is 0 Å². The standard InChI is InChI=1S/C17H27NO/c1-4-13(2)16(18-3)12-19-17-11-7-9-14-8-5-6-10-15(14)17/h5-6,8,10,13,16-18H,4,7,9,11-12H2,1-3H3. The predicted molar refractivity (Wildman–Crippen MR) is 80.4 cm³/mol. The van der Waals surface area contributed by atoms with Crippen LogP contribution < -0.4 is 5.32 Å². The van der Waals surface area contributed by atoms with Crippen molar-refractivity contribution in [2.75, 3.05) is 13.7 Å². The van der Waals surface area contributed by atoms with Crippen LogP contribution in [-0.4, -0.2) is 19.7 Å². The lowest BCUT2D eigenvalue weighted by molar-refractivity contribution is 0.0189. The maximum Gasteiger partial charge on any atom is 0.0828 e. The molecule has 1 N–H and O–H groups in total. The van der Waals surface area contributed by atoms with Crippen LogP contribution in [0.15, 0.2) is 24.3 Å². The zero-order valence-corrected chi connectivity index (χ0v) is 12.5. The van der Waals surface area contributed by atoms with Crippen LogP contribution in [0.2, 0.25) is 0 Å². The molecule has 1 aliphatic carbocycles. The van der Waals surface area contributed by atoms with Crippen molar-refractivity contribution in [2.24, 2.45) is 5.92 Å². The largest absolute Gasteiger partial charge is 0.372 e. The number of hydrogen-bond donors (Lipinski definition) is 1. The lowest BCUT2D eigenvalue weighted by atomic mass is 9.89. The van der Waals surface area contributed by atoms with Crippen molar-refractivity contribution in [2.45, 2.75) is 51.7 Å². The Morgan fingerprint density at radius 2 is 2.16 bits per heavy atom. The van der Waals surface area contributed by atoms with E-state index in [-0.39, 0.29) is 0 Å². The SMILES string of the molecule is CCC(C)C(COC1CCCc2ccccc21)NC. The first-order valence-corrected chi connectivity index (χ1v) is 7.63. The quantitative estimate of drug-likeness (QED) is 0.843. The fourth-order valence-electron chi connectivity index (χ4n) is 2.92. The summed E-state index contributed by atoms with van der Waals surface area (Å²) >= 11 is 0. The fourth-order valence-corrected chi connectivity index (χ4v) is 2.92. The van der Waals surface area contributed by atoms with E-state index in [1.165, 1.54) is 30.4 Å². The van der Waals surface area contributed by atoms with Gasteiger partial charge in [0.15, 0.2) is 0 Å². The third-order valence-electron chi connectivity index (χ3n) is 4.49. The van der Waals surface area contributed by atoms with Gasteiger partial charge in [-0.3, -0.25) is 0 Å². The summed E-state index contributed by atoms with van der Waals surface area (Å²) in [6, 6.07) is 9.20. The molecule has 1 aromatic rings. The Morgan fingerprint density at radius 3 is 2.89 bits per heavy atom. The van der Waals surface area contributed by atoms with Gasteiger partial charge >= 0.3 is 0 Å². The van der Waals surface area contributed by atoms with Gasteiger partial charge in [-0.2, -0.15) is 0 Å². The summed E-state index contributed by atoms with van der Waals surface area (Å²) in [6.07, 6.45) is 5.10. The second-order valence-electron chi connectivity index (χ2n) is 5.69. The Labute approximate surface area is 117 Å². The van der Waals surface area contributed by atoms with Gasteiger partial charge in [-0.15, -0.1) is 0 Å². The van der Waals surface area contributed by atoms with E-state index in [1.807, 2.05) is 7.05 Å². The molecular formula is C17H27NO. The minimum Gasteiger partial charge on any atom is -0.372 e. The number of ether oxygens (including phenoxy) is 1. The highest BCUT2D eigenvalue weighted by Gasteiger charge is 2.22. The third-order valence-corrected chi connectivity index (χ3v) is 4.49. The second kappa shape index (κ2) is 7.06. The Hall–Kier alpha value is -0.860. The molecule has 2 rings (SSSR count). The van der Waals surface area contributed by atoms with Crippen LogP contribution >= 0.6 is 0 Å². The molecule has 3 atom stereocenters. The van der Waals surface area contributed by atoms with Crippen LogP contribution in [0.3, 0.4) is 0 Å². The zero-order valence-electron chi connectivity index (χ0n) is 12.5. The number of benzene rings is 1. The smallest absolute Gasteiger partial charge is 0.0828 e. The van der Waals surface area contributed by atoms with E-state index in [9.17, 15) is 0 Å². The molecule has 0 aliphatic heterocycles. The van der Waals surface area contributed by atoms with Crippen molar-refractivity contribution in [3.63, 3.8) is 0 Å². The van der Waals surface area contributed by atoms with Gasteiger partial charge in [0.2, 0.25) is 0 Å². The molecule has 0 aromatic heterocycles. The van der Waals surface area contributed by atoms with E-state index in [1.54, 1.807) is 0 Å². The van der Waals surface area contributed by atoms with Gasteiger partial charge in [-0.05, 0) is 43.4 Å². The number of nitrogens with one attached hydrogen (secondary N) is 1. The van der Waals surface area contributed by atoms with Gasteiger partial charge in [0.1, 0.15) is 0 Å². The summed E-state index contributed by atoms with van der Waals surface area (Å²) < 4.78 is 6.22. The van der Waals surface area contributed by atoms with E-state index in [0.717, 1.165) is 13.0 Å². The highest BCUT2D eigenvalue weighted by molar-refractivity contribution is 5.31. The van der Waals surface area contributed by atoms with Gasteiger partial charge in [0, 0.05) is 6.04 Å². The Kier molecular flexibility index (Phi) is 5.41. The van der Waals surface area contributed by atoms with Crippen LogP contribution in [0.4, 0.5) is 0 Å². The van der Waals surface area contributed by atoms with Gasteiger partial charge in [-0.1, -0.05) is 44.5 Å². The van der Waals surface area contributed by atoms with E-state index in [2.05, 4.69) is 43.4 Å². The molecule has 0 saturated heterocycles. The number of fused-ring (bicyclic) bond motifs is 1. The normalized spacial score (nSPS) is 21.7. The van der Waals surface area contributed by atoms with Gasteiger partial charge in [0.25, 0.3) is 0 Å². The van der Waals surface area contributed by atoms with Crippen molar-refractivity contribution < 1.29 is 4.74 Å². The van der Waals surface area contributed by atoms with E-state index in [0.29, 0.717) is 18.1 Å². The minimum atomic E-state index is 0.296. The molecule has 0 spiro atoms. The molecule has 1 aromatic carbocycles. The number of aryl methyl sites for hydroxylation is 1. The molecule has 2 nitrogen and oxygen atoms in total. The van der Waals surface area contributed by atoms with Gasteiger partial charge in [-0.25, -0.2) is 0 Å². The van der Waals surface area contributed by atoms with Crippen LogP contribution in [0.25, 0.3) is 0 Å². The molecule has 0 radical (unpaired) electrons. The van der Waals surface area contributed by atoms with Crippen molar-refractivity contribution in [1.82, 2.24) is 5.32 Å². The second-order valence-corrected chi connectivity index (χ2v) is 5.69. The highest BCUT2D eigenvalue weighted by Crippen LogP contribution is 2.32. The topological polar surface area (TPSA) is 21.3 Å². The predicted octanol–water partition coefficient (Wildman–Crippen LogP) is 3.71. The summed E-state index contributed by atoms with van der Waals surface area (Å²) in [7, 11) is 2.04. The molecule has 0 amide bonds. The highest BCUT2D eigenvalue weighted by atomic mass is 16.5. The molecular weight excluding hydrogens is 234 g/mol. The molecule has 0 fully saturated rings. The zero-order chi connectivity index (χ0) is 13.7. The van der Waals surface area contributed by atoms with Gasteiger partial charge in [0.05, 0.1) is 12.7 Å². The molecule has 1 aliphatic rings. The lowest BCUT2D eigenvalue weighted by Gasteiger charge is -2.29. The molecule has 2 heteroatoms. The van der Waals surface area contributed by atoms with E-state index >= 15 is 0 Å². The molecule has 0 saturated carbocycles. The van der Waals surface area contributed by atoms with Crippen LogP contribution in [-0.2, 0) is 11.2 Å². The summed E-state index contributed by atoms with van der Waals surface area (Å²) in [6.45, 7) is 5.34. The molecule has 0 heterocycles. The summed E-state index contributed by atoms with van der Waals surface area (Å²) in [4.78, 5) is 0. The summed E-state index contributed by atoms with van der Waals surface area (Å²) in [5.41, 5.74) is 2.89. The molecule has 0 bridgehead atoms. The van der Waals surface area contributed by atoms with Crippen LogP contribution in [0, 0.1) is 5.92 Å². The number of likely N-dealkylation sites (N-methyl/N-ethyl adjacent to an activating group) is 1. The Bertz CT molecular complexity index is 391. The average Bonchev–Trinajstić information content (AvgIpc) is 2.47. The summed E-state index contributed by atoms with van der Waals surface area (Å²) in [5.74, 6) is 0.656. The van der Waals surface area contributed by atoms with E-state index in [4.69, 9.17) is 4.74 Å². The Morgan fingerprint density at radius 1 is 1.37 bits per heavy atom. The first-order valence-electron chi connectivity index (χ1n) is 7.63. The lowest BCUT2D eigenvalue weighted by Crippen LogP contribution is -2.37. The van der Waals surface area contributed by atoms with Crippen LogP contribution in [0.5, 0.6) is 0 Å². The molecule has 106 valence electrons. The molecule has 19 heavy (non-hydrogen) atoms. The first-order chi connectivity index (χ1) is 9.26. The Balaban J connectivity index is 1.97. The summed E-state index contributed by atoms with van der Waals surface area (Å²) in [5, 5.41) is 3.39. The average molecular weight is 261 g/mol. The third kappa shape index (κ3) is 3.58. The van der Waals surface area contributed by atoms with Crippen LogP contribution in [0.1, 0.15) is 50.3 Å². The van der Waals surface area contributed by atoms with Crippen molar-refractivity contribution in [3.05, 3.63) is 35.4 Å². The van der Waals surface area contributed by atoms with Gasteiger partial charge < -0.3 is 10.1 Å². The number of rotatable bonds is 6. The molecule has 3 unspecified atom stereocenters.